The van der Waals surface area contributed by atoms with Crippen molar-refractivity contribution in [1.29, 1.82) is 5.41 Å². The van der Waals surface area contributed by atoms with Crippen molar-refractivity contribution in [2.75, 3.05) is 4.90 Å². The van der Waals surface area contributed by atoms with E-state index in [2.05, 4.69) is 5.32 Å². The number of nitrogens with one attached hydrogen (secondary N) is 2. The Balaban J connectivity index is 1.83. The molecule has 3 rings (SSSR count). The number of carbonyl (C=O) groups excluding carboxylic acids is 2. The Kier molecular flexibility index (Phi) is 10.6. The molecule has 228 valence electrons. The van der Waals surface area contributed by atoms with Gasteiger partial charge in [0.05, 0.1) is 4.90 Å². The minimum absolute atomic E-state index is 0.0370. The van der Waals surface area contributed by atoms with E-state index in [1.807, 2.05) is 13.8 Å². The molecular weight excluding hydrogens is 576 g/mol. The van der Waals surface area contributed by atoms with E-state index in [9.17, 15) is 27.9 Å². The van der Waals surface area contributed by atoms with Gasteiger partial charge in [0.1, 0.15) is 5.84 Å². The summed E-state index contributed by atoms with van der Waals surface area (Å²) < 4.78 is 33.8. The Morgan fingerprint density at radius 1 is 0.977 bits per heavy atom. The van der Waals surface area contributed by atoms with E-state index < -0.39 is 40.5 Å². The van der Waals surface area contributed by atoms with Crippen LogP contribution in [0.4, 0.5) is 15.3 Å². The van der Waals surface area contributed by atoms with Gasteiger partial charge in [0.25, 0.3) is 0 Å². The molecule has 0 heterocycles. The highest BCUT2D eigenvalue weighted by Gasteiger charge is 2.28. The van der Waals surface area contributed by atoms with Crippen LogP contribution in [0.1, 0.15) is 38.8 Å². The highest BCUT2D eigenvalue weighted by Crippen LogP contribution is 2.30. The van der Waals surface area contributed by atoms with E-state index in [1.165, 1.54) is 24.8 Å². The molecule has 2 atom stereocenters. The monoisotopic (exact) mass is 610 g/mol. The van der Waals surface area contributed by atoms with Gasteiger partial charge in [0.2, 0.25) is 16.3 Å². The van der Waals surface area contributed by atoms with Crippen LogP contribution in [-0.4, -0.2) is 49.8 Å². The fourth-order valence-corrected chi connectivity index (χ4v) is 5.29. The summed E-state index contributed by atoms with van der Waals surface area (Å²) >= 11 is 0. The van der Waals surface area contributed by atoms with Gasteiger partial charge < -0.3 is 14.6 Å². The van der Waals surface area contributed by atoms with Gasteiger partial charge in [-0.25, -0.2) is 23.1 Å². The van der Waals surface area contributed by atoms with Crippen molar-refractivity contribution in [1.82, 2.24) is 5.32 Å². The molecule has 0 aliphatic rings. The van der Waals surface area contributed by atoms with Crippen molar-refractivity contribution in [3.05, 3.63) is 83.9 Å². The Labute approximate surface area is 250 Å². The minimum Gasteiger partial charge on any atom is -0.465 e. The third kappa shape index (κ3) is 8.87. The lowest BCUT2D eigenvalue weighted by molar-refractivity contribution is -0.161. The van der Waals surface area contributed by atoms with Crippen LogP contribution >= 0.6 is 0 Å². The van der Waals surface area contributed by atoms with Crippen molar-refractivity contribution < 1.29 is 37.4 Å². The normalized spacial score (nSPS) is 12.6. The third-order valence-electron chi connectivity index (χ3n) is 6.45. The van der Waals surface area contributed by atoms with E-state index in [-0.39, 0.29) is 23.1 Å². The Hall–Kier alpha value is -4.75. The summed E-state index contributed by atoms with van der Waals surface area (Å²) in [5.74, 6) is -1.01. The number of hydrogen-bond acceptors (Lipinski definition) is 8. The molecule has 0 aliphatic heterocycles. The molecule has 0 aliphatic carbocycles. The average Bonchev–Trinajstić information content (AvgIpc) is 2.92. The van der Waals surface area contributed by atoms with Crippen molar-refractivity contribution >= 4 is 39.7 Å². The molecule has 3 aromatic carbocycles. The Bertz CT molecular complexity index is 1610. The largest absolute Gasteiger partial charge is 0.465 e. The summed E-state index contributed by atoms with van der Waals surface area (Å²) in [4.78, 5) is 36.9. The summed E-state index contributed by atoms with van der Waals surface area (Å²) in [5.41, 5.74) is 2.42. The molecule has 12 nitrogen and oxygen atoms in total. The molecule has 0 saturated heterocycles. The number of primary sulfonamides is 1. The summed E-state index contributed by atoms with van der Waals surface area (Å²) in [7, 11) is -3.97. The van der Waals surface area contributed by atoms with Gasteiger partial charge in [0.15, 0.2) is 0 Å². The first kappa shape index (κ1) is 32.8. The van der Waals surface area contributed by atoms with E-state index in [1.54, 1.807) is 66.7 Å². The zero-order valence-electron chi connectivity index (χ0n) is 24.1. The molecular formula is C30H34N4O8S. The quantitative estimate of drug-likeness (QED) is 0.110. The van der Waals surface area contributed by atoms with E-state index in [0.29, 0.717) is 27.9 Å². The van der Waals surface area contributed by atoms with Crippen molar-refractivity contribution in [2.24, 2.45) is 11.1 Å². The van der Waals surface area contributed by atoms with Gasteiger partial charge in [-0.05, 0) is 47.7 Å². The van der Waals surface area contributed by atoms with Crippen LogP contribution in [0.5, 0.6) is 0 Å². The summed E-state index contributed by atoms with van der Waals surface area (Å²) in [6.07, 6.45) is -3.00. The number of esters is 1. The number of rotatable bonds is 10. The number of nitrogens with two attached hydrogens (primary N) is 1. The fraction of sp³-hybridized carbons (Fsp3) is 0.267. The molecule has 2 unspecified atom stereocenters. The van der Waals surface area contributed by atoms with Gasteiger partial charge in [-0.3, -0.25) is 20.4 Å². The number of anilines is 1. The van der Waals surface area contributed by atoms with Crippen LogP contribution in [0, 0.1) is 11.3 Å². The maximum absolute atomic E-state index is 12.5. The van der Waals surface area contributed by atoms with Crippen molar-refractivity contribution in [3.63, 3.8) is 0 Å². The Morgan fingerprint density at radius 3 is 2.21 bits per heavy atom. The lowest BCUT2D eigenvalue weighted by atomic mass is 9.93. The van der Waals surface area contributed by atoms with E-state index >= 15 is 0 Å². The second-order valence-electron chi connectivity index (χ2n) is 10.0. The standard InChI is InChI=1S/C30H34N4O8S/c1-18(2)26(17-21-8-7-9-23(16-21)28(31)33-29(36)42-20(4)41-19(3)35)34(30(37)38)24-14-12-22(13-15-24)25-10-5-6-11-27(25)43(32,39)40/h5-16,18,20,26H,17H2,1-4H3,(H,37,38)(H2,31,33,36)(H2,32,39,40). The fourth-order valence-electron chi connectivity index (χ4n) is 4.53. The molecule has 5 N–H and O–H groups in total. The molecule has 43 heavy (non-hydrogen) atoms. The maximum Gasteiger partial charge on any atom is 0.415 e. The second kappa shape index (κ2) is 13.9. The molecule has 0 bridgehead atoms. The van der Waals surface area contributed by atoms with E-state index in [0.717, 1.165) is 0 Å². The highest BCUT2D eigenvalue weighted by atomic mass is 32.2. The third-order valence-corrected chi connectivity index (χ3v) is 7.42. The number of carboxylic acid groups (broad SMARTS) is 1. The Morgan fingerprint density at radius 2 is 1.63 bits per heavy atom. The smallest absolute Gasteiger partial charge is 0.415 e. The molecule has 0 radical (unpaired) electrons. The van der Waals surface area contributed by atoms with Crippen LogP contribution < -0.4 is 15.4 Å². The number of hydrogen-bond donors (Lipinski definition) is 4. The number of alkyl carbamates (subject to hydrolysis) is 1. The van der Waals surface area contributed by atoms with Crippen LogP contribution in [0.2, 0.25) is 0 Å². The molecule has 0 aromatic heterocycles. The van der Waals surface area contributed by atoms with E-state index in [4.69, 9.17) is 20.0 Å². The molecule has 3 aromatic rings. The van der Waals surface area contributed by atoms with Gasteiger partial charge in [-0.1, -0.05) is 62.4 Å². The van der Waals surface area contributed by atoms with Crippen LogP contribution in [0.3, 0.4) is 0 Å². The number of ether oxygens (including phenoxy) is 2. The zero-order valence-corrected chi connectivity index (χ0v) is 24.9. The van der Waals surface area contributed by atoms with Crippen LogP contribution in [0.25, 0.3) is 11.1 Å². The number of amides is 2. The van der Waals surface area contributed by atoms with Crippen LogP contribution in [0.15, 0.2) is 77.7 Å². The topological polar surface area (TPSA) is 189 Å². The van der Waals surface area contributed by atoms with Gasteiger partial charge >= 0.3 is 18.2 Å². The first-order chi connectivity index (χ1) is 20.2. The SMILES string of the molecule is CC(=O)OC(C)OC(=O)NC(=N)c1cccc(CC(C(C)C)N(C(=O)O)c2ccc(-c3ccccc3S(N)(=O)=O)cc2)c1. The van der Waals surface area contributed by atoms with Crippen molar-refractivity contribution in [3.8, 4) is 11.1 Å². The molecule has 0 saturated carbocycles. The lowest BCUT2D eigenvalue weighted by Crippen LogP contribution is -2.44. The van der Waals surface area contributed by atoms with Gasteiger partial charge in [-0.15, -0.1) is 0 Å². The summed E-state index contributed by atoms with van der Waals surface area (Å²) in [6.45, 7) is 6.33. The first-order valence-electron chi connectivity index (χ1n) is 13.2. The summed E-state index contributed by atoms with van der Waals surface area (Å²) in [5, 5.41) is 26.2. The highest BCUT2D eigenvalue weighted by molar-refractivity contribution is 7.89. The first-order valence-corrected chi connectivity index (χ1v) is 14.8. The number of nitrogens with zero attached hydrogens (tertiary/aromatic N) is 1. The van der Waals surface area contributed by atoms with Gasteiger partial charge in [-0.2, -0.15) is 0 Å². The number of sulfonamides is 1. The van der Waals surface area contributed by atoms with Crippen LogP contribution in [-0.2, 0) is 30.7 Å². The minimum atomic E-state index is -3.97. The lowest BCUT2D eigenvalue weighted by Gasteiger charge is -2.33. The average molecular weight is 611 g/mol. The zero-order chi connectivity index (χ0) is 31.9. The summed E-state index contributed by atoms with van der Waals surface area (Å²) in [6, 6.07) is 19.0. The second-order valence-corrected chi connectivity index (χ2v) is 11.6. The molecule has 0 fully saturated rings. The molecule has 13 heteroatoms. The predicted octanol–water partition coefficient (Wildman–Crippen LogP) is 4.71. The molecule has 0 spiro atoms. The number of carbonyl (C=O) groups is 3. The maximum atomic E-state index is 12.5. The predicted molar refractivity (Wildman–Crippen MR) is 160 cm³/mol. The van der Waals surface area contributed by atoms with Crippen molar-refractivity contribution in [2.45, 2.75) is 51.3 Å². The number of amidine groups is 1. The van der Waals surface area contributed by atoms with Gasteiger partial charge in [0, 0.05) is 36.7 Å². The number of benzene rings is 3. The molecule has 2 amide bonds.